The number of hydrogen-bond donors (Lipinski definition) is 1. The van der Waals surface area contributed by atoms with Crippen LogP contribution in [0.4, 0.5) is 5.82 Å². The average molecular weight is 429 g/mol. The van der Waals surface area contributed by atoms with Crippen LogP contribution >= 0.6 is 11.6 Å². The first-order chi connectivity index (χ1) is 14.6. The second kappa shape index (κ2) is 9.97. The molecule has 0 unspecified atom stereocenters. The smallest absolute Gasteiger partial charge is 0.219 e. The summed E-state index contributed by atoms with van der Waals surface area (Å²) < 4.78 is 0. The molecule has 1 aliphatic carbocycles. The number of nitrogens with zero attached hydrogens (tertiary/aromatic N) is 3. The van der Waals surface area contributed by atoms with Crippen LogP contribution in [-0.4, -0.2) is 48.0 Å². The van der Waals surface area contributed by atoms with Gasteiger partial charge in [-0.2, -0.15) is 0 Å². The number of aromatic nitrogens is 1. The quantitative estimate of drug-likeness (QED) is 0.762. The minimum absolute atomic E-state index is 0.152. The maximum atomic E-state index is 11.7. The van der Waals surface area contributed by atoms with Crippen LogP contribution in [0.15, 0.2) is 24.3 Å². The Morgan fingerprint density at radius 1 is 1.07 bits per heavy atom. The first-order valence-corrected chi connectivity index (χ1v) is 11.8. The maximum absolute atomic E-state index is 11.7. The lowest BCUT2D eigenvalue weighted by Gasteiger charge is -2.36. The van der Waals surface area contributed by atoms with Crippen molar-refractivity contribution >= 4 is 34.2 Å². The number of halogens is 1. The number of carbonyl (C=O) groups is 1. The van der Waals surface area contributed by atoms with Crippen molar-refractivity contribution in [3.05, 3.63) is 34.9 Å². The zero-order chi connectivity index (χ0) is 20.9. The van der Waals surface area contributed by atoms with Gasteiger partial charge in [0.05, 0.1) is 5.52 Å². The summed E-state index contributed by atoms with van der Waals surface area (Å²) in [4.78, 5) is 21.0. The molecule has 1 N–H and O–H groups in total. The lowest BCUT2D eigenvalue weighted by molar-refractivity contribution is -0.129. The van der Waals surface area contributed by atoms with Gasteiger partial charge in [0, 0.05) is 61.7 Å². The lowest BCUT2D eigenvalue weighted by Crippen LogP contribution is -2.48. The second-order valence-electron chi connectivity index (χ2n) is 8.72. The SMILES string of the molecule is CC(=O)N1CCN(c2nc3cc(Cl)ccc3cc2CNC2CCCCCCC2)CC1. The van der Waals surface area contributed by atoms with E-state index in [0.717, 1.165) is 49.4 Å². The Bertz CT molecular complexity index is 871. The zero-order valence-corrected chi connectivity index (χ0v) is 18.8. The van der Waals surface area contributed by atoms with Crippen molar-refractivity contribution in [3.8, 4) is 0 Å². The van der Waals surface area contributed by atoms with E-state index in [-0.39, 0.29) is 5.91 Å². The van der Waals surface area contributed by atoms with Crippen molar-refractivity contribution in [1.82, 2.24) is 15.2 Å². The van der Waals surface area contributed by atoms with Gasteiger partial charge in [0.15, 0.2) is 0 Å². The van der Waals surface area contributed by atoms with E-state index in [1.54, 1.807) is 6.92 Å². The van der Waals surface area contributed by atoms with Gasteiger partial charge in [-0.3, -0.25) is 4.79 Å². The van der Waals surface area contributed by atoms with Gasteiger partial charge < -0.3 is 15.1 Å². The topological polar surface area (TPSA) is 48.5 Å². The summed E-state index contributed by atoms with van der Waals surface area (Å²) in [6.07, 6.45) is 9.30. The molecule has 6 heteroatoms. The van der Waals surface area contributed by atoms with E-state index in [4.69, 9.17) is 16.6 Å². The highest BCUT2D eigenvalue weighted by Gasteiger charge is 2.22. The summed E-state index contributed by atoms with van der Waals surface area (Å²) in [5.74, 6) is 1.19. The van der Waals surface area contributed by atoms with E-state index < -0.39 is 0 Å². The molecule has 0 radical (unpaired) electrons. The number of pyridine rings is 1. The summed E-state index contributed by atoms with van der Waals surface area (Å²) in [5.41, 5.74) is 2.17. The normalized spacial score (nSPS) is 19.0. The van der Waals surface area contributed by atoms with Crippen molar-refractivity contribution < 1.29 is 4.79 Å². The number of benzene rings is 1. The van der Waals surface area contributed by atoms with E-state index in [1.165, 1.54) is 50.5 Å². The molecule has 0 atom stereocenters. The summed E-state index contributed by atoms with van der Waals surface area (Å²) >= 11 is 6.23. The third-order valence-corrected chi connectivity index (χ3v) is 6.78. The molecule has 4 rings (SSSR count). The Morgan fingerprint density at radius 2 is 1.77 bits per heavy atom. The summed E-state index contributed by atoms with van der Waals surface area (Å²) in [6, 6.07) is 8.79. The van der Waals surface area contributed by atoms with Crippen molar-refractivity contribution in [2.75, 3.05) is 31.1 Å². The van der Waals surface area contributed by atoms with Crippen LogP contribution in [0.5, 0.6) is 0 Å². The molecular formula is C24H33ClN4O. The molecule has 30 heavy (non-hydrogen) atoms. The van der Waals surface area contributed by atoms with E-state index in [9.17, 15) is 4.79 Å². The predicted octanol–water partition coefficient (Wildman–Crippen LogP) is 4.76. The molecule has 1 aromatic heterocycles. The third kappa shape index (κ3) is 5.25. The van der Waals surface area contributed by atoms with Gasteiger partial charge in [-0.25, -0.2) is 4.98 Å². The van der Waals surface area contributed by atoms with Crippen molar-refractivity contribution in [3.63, 3.8) is 0 Å². The van der Waals surface area contributed by atoms with Gasteiger partial charge in [-0.05, 0) is 31.0 Å². The van der Waals surface area contributed by atoms with Crippen molar-refractivity contribution in [2.45, 2.75) is 64.5 Å². The molecular weight excluding hydrogens is 396 g/mol. The Balaban J connectivity index is 1.56. The molecule has 1 amide bonds. The highest BCUT2D eigenvalue weighted by molar-refractivity contribution is 6.31. The van der Waals surface area contributed by atoms with Gasteiger partial charge in [-0.1, -0.05) is 49.8 Å². The number of carbonyl (C=O) groups excluding carboxylic acids is 1. The third-order valence-electron chi connectivity index (χ3n) is 6.55. The van der Waals surface area contributed by atoms with Crippen LogP contribution in [-0.2, 0) is 11.3 Å². The van der Waals surface area contributed by atoms with Crippen LogP contribution in [0.25, 0.3) is 10.9 Å². The molecule has 1 saturated heterocycles. The Kier molecular flexibility index (Phi) is 7.11. The van der Waals surface area contributed by atoms with Crippen molar-refractivity contribution in [1.29, 1.82) is 0 Å². The highest BCUT2D eigenvalue weighted by atomic mass is 35.5. The summed E-state index contributed by atoms with van der Waals surface area (Å²) in [6.45, 7) is 5.61. The minimum Gasteiger partial charge on any atom is -0.353 e. The van der Waals surface area contributed by atoms with Crippen LogP contribution in [0.3, 0.4) is 0 Å². The standard InChI is InChI=1S/C24H33ClN4O/c1-18(30)28-11-13-29(14-12-28)24-20(15-19-9-10-21(25)16-23(19)27-24)17-26-22-7-5-3-2-4-6-8-22/h9-10,15-16,22,26H,2-8,11-14,17H2,1H3. The molecule has 0 bridgehead atoms. The molecule has 2 aliphatic rings. The Hall–Kier alpha value is -1.85. The van der Waals surface area contributed by atoms with Gasteiger partial charge in [0.25, 0.3) is 0 Å². The number of amides is 1. The Morgan fingerprint density at radius 3 is 2.47 bits per heavy atom. The number of nitrogens with one attached hydrogen (secondary N) is 1. The number of rotatable bonds is 4. The first-order valence-electron chi connectivity index (χ1n) is 11.4. The Labute approximate surface area is 184 Å². The molecule has 1 aliphatic heterocycles. The summed E-state index contributed by atoms with van der Waals surface area (Å²) in [7, 11) is 0. The van der Waals surface area contributed by atoms with Gasteiger partial charge in [0.1, 0.15) is 5.82 Å². The van der Waals surface area contributed by atoms with Crippen LogP contribution in [0, 0.1) is 0 Å². The van der Waals surface area contributed by atoms with E-state index in [0.29, 0.717) is 11.1 Å². The highest BCUT2D eigenvalue weighted by Crippen LogP contribution is 2.27. The molecule has 2 heterocycles. The molecule has 162 valence electrons. The van der Waals surface area contributed by atoms with E-state index in [1.807, 2.05) is 17.0 Å². The fourth-order valence-corrected chi connectivity index (χ4v) is 4.89. The number of hydrogen-bond acceptors (Lipinski definition) is 4. The monoisotopic (exact) mass is 428 g/mol. The maximum Gasteiger partial charge on any atom is 0.219 e. The van der Waals surface area contributed by atoms with Gasteiger partial charge in [0.2, 0.25) is 5.91 Å². The minimum atomic E-state index is 0.152. The zero-order valence-electron chi connectivity index (χ0n) is 18.0. The van der Waals surface area contributed by atoms with E-state index >= 15 is 0 Å². The largest absolute Gasteiger partial charge is 0.353 e. The first kappa shape index (κ1) is 21.4. The molecule has 1 saturated carbocycles. The average Bonchev–Trinajstić information content (AvgIpc) is 2.72. The molecule has 2 fully saturated rings. The molecule has 0 spiro atoms. The predicted molar refractivity (Wildman–Crippen MR) is 124 cm³/mol. The van der Waals surface area contributed by atoms with Crippen LogP contribution in [0.1, 0.15) is 57.4 Å². The van der Waals surface area contributed by atoms with Gasteiger partial charge >= 0.3 is 0 Å². The lowest BCUT2D eigenvalue weighted by atomic mass is 9.96. The molecule has 1 aromatic carbocycles. The van der Waals surface area contributed by atoms with Crippen LogP contribution in [0.2, 0.25) is 5.02 Å². The van der Waals surface area contributed by atoms with Gasteiger partial charge in [-0.15, -0.1) is 0 Å². The number of piperazine rings is 1. The number of fused-ring (bicyclic) bond motifs is 1. The van der Waals surface area contributed by atoms with E-state index in [2.05, 4.69) is 22.3 Å². The number of anilines is 1. The molecule has 5 nitrogen and oxygen atoms in total. The van der Waals surface area contributed by atoms with Crippen molar-refractivity contribution in [2.24, 2.45) is 0 Å². The summed E-state index contributed by atoms with van der Waals surface area (Å²) in [5, 5.41) is 5.67. The van der Waals surface area contributed by atoms with Crippen LogP contribution < -0.4 is 10.2 Å². The fraction of sp³-hybridized carbons (Fsp3) is 0.583. The second-order valence-corrected chi connectivity index (χ2v) is 9.16. The fourth-order valence-electron chi connectivity index (χ4n) is 4.73. The molecule has 2 aromatic rings.